The molecular weight excluding hydrogens is 322 g/mol. The predicted octanol–water partition coefficient (Wildman–Crippen LogP) is 4.00. The van der Waals surface area contributed by atoms with Crippen molar-refractivity contribution >= 4 is 34.4 Å². The van der Waals surface area contributed by atoms with Gasteiger partial charge in [0.1, 0.15) is 5.75 Å². The quantitative estimate of drug-likeness (QED) is 0.688. The first-order valence-electron chi connectivity index (χ1n) is 7.63. The van der Waals surface area contributed by atoms with Crippen molar-refractivity contribution in [3.8, 4) is 5.75 Å². The molecule has 1 amide bonds. The Morgan fingerprint density at radius 3 is 2.88 bits per heavy atom. The van der Waals surface area contributed by atoms with E-state index in [9.17, 15) is 4.79 Å². The predicted molar refractivity (Wildman–Crippen MR) is 97.8 cm³/mol. The number of amides is 1. The number of ether oxygens (including phenoxy) is 1. The molecule has 0 aliphatic rings. The Labute approximate surface area is 144 Å². The Bertz CT molecular complexity index is 876. The van der Waals surface area contributed by atoms with Gasteiger partial charge in [0.05, 0.1) is 29.1 Å². The van der Waals surface area contributed by atoms with E-state index in [0.717, 1.165) is 16.2 Å². The maximum Gasteiger partial charge on any atom is 0.237 e. The van der Waals surface area contributed by atoms with E-state index >= 15 is 0 Å². The Balaban J connectivity index is 1.71. The SMILES string of the molecule is COc1ccccc1NC(=O)[C@H](C)Sc1nc2ccc(C)cc2[nH]1. The second kappa shape index (κ2) is 6.97. The molecule has 24 heavy (non-hydrogen) atoms. The molecule has 2 N–H and O–H groups in total. The molecule has 0 bridgehead atoms. The minimum atomic E-state index is -0.295. The third kappa shape index (κ3) is 3.54. The number of imidazole rings is 1. The molecule has 2 aromatic carbocycles. The van der Waals surface area contributed by atoms with Crippen molar-refractivity contribution in [2.45, 2.75) is 24.3 Å². The molecule has 3 rings (SSSR count). The monoisotopic (exact) mass is 341 g/mol. The van der Waals surface area contributed by atoms with E-state index in [4.69, 9.17) is 4.74 Å². The van der Waals surface area contributed by atoms with Gasteiger partial charge in [-0.05, 0) is 43.7 Å². The number of methoxy groups -OCH3 is 1. The van der Waals surface area contributed by atoms with Gasteiger partial charge in [-0.2, -0.15) is 0 Å². The summed E-state index contributed by atoms with van der Waals surface area (Å²) in [7, 11) is 1.58. The van der Waals surface area contributed by atoms with E-state index in [1.807, 2.05) is 56.3 Å². The van der Waals surface area contributed by atoms with E-state index in [1.54, 1.807) is 7.11 Å². The number of aromatic nitrogens is 2. The van der Waals surface area contributed by atoms with Crippen LogP contribution < -0.4 is 10.1 Å². The highest BCUT2D eigenvalue weighted by Crippen LogP contribution is 2.27. The van der Waals surface area contributed by atoms with Gasteiger partial charge in [-0.3, -0.25) is 4.79 Å². The van der Waals surface area contributed by atoms with E-state index in [0.29, 0.717) is 11.4 Å². The number of aromatic amines is 1. The fraction of sp³-hybridized carbons (Fsp3) is 0.222. The Morgan fingerprint density at radius 2 is 2.08 bits per heavy atom. The van der Waals surface area contributed by atoms with E-state index < -0.39 is 0 Å². The number of thioether (sulfide) groups is 1. The molecule has 0 aliphatic heterocycles. The van der Waals surface area contributed by atoms with E-state index in [-0.39, 0.29) is 11.2 Å². The fourth-order valence-corrected chi connectivity index (χ4v) is 3.18. The number of carbonyl (C=O) groups is 1. The molecule has 0 unspecified atom stereocenters. The second-order valence-electron chi connectivity index (χ2n) is 5.51. The highest BCUT2D eigenvalue weighted by atomic mass is 32.2. The average molecular weight is 341 g/mol. The number of carbonyl (C=O) groups excluding carboxylic acids is 1. The number of fused-ring (bicyclic) bond motifs is 1. The van der Waals surface area contributed by atoms with E-state index in [2.05, 4.69) is 15.3 Å². The molecule has 0 saturated heterocycles. The standard InChI is InChI=1S/C18H19N3O2S/c1-11-8-9-13-15(10-11)21-18(20-13)24-12(2)17(22)19-14-6-4-5-7-16(14)23-3/h4-10,12H,1-3H3,(H,19,22)(H,20,21)/t12-/m0/s1. The number of hydrogen-bond acceptors (Lipinski definition) is 4. The summed E-state index contributed by atoms with van der Waals surface area (Å²) in [6.07, 6.45) is 0. The first-order chi connectivity index (χ1) is 11.6. The van der Waals surface area contributed by atoms with Crippen molar-refractivity contribution in [3.05, 3.63) is 48.0 Å². The number of para-hydroxylation sites is 2. The summed E-state index contributed by atoms with van der Waals surface area (Å²) in [4.78, 5) is 20.2. The summed E-state index contributed by atoms with van der Waals surface area (Å²) in [6, 6.07) is 13.4. The van der Waals surface area contributed by atoms with Gasteiger partial charge < -0.3 is 15.0 Å². The Morgan fingerprint density at radius 1 is 1.29 bits per heavy atom. The maximum atomic E-state index is 12.4. The molecule has 5 nitrogen and oxygen atoms in total. The third-order valence-electron chi connectivity index (χ3n) is 3.64. The first kappa shape index (κ1) is 16.4. The van der Waals surface area contributed by atoms with Crippen molar-refractivity contribution in [3.63, 3.8) is 0 Å². The summed E-state index contributed by atoms with van der Waals surface area (Å²) in [5.74, 6) is 0.545. The van der Waals surface area contributed by atoms with Gasteiger partial charge in [0.15, 0.2) is 5.16 Å². The van der Waals surface area contributed by atoms with Gasteiger partial charge in [-0.1, -0.05) is 30.0 Å². The Hall–Kier alpha value is -2.47. The largest absolute Gasteiger partial charge is 0.495 e. The molecule has 3 aromatic rings. The summed E-state index contributed by atoms with van der Waals surface area (Å²) in [5, 5.41) is 3.34. The van der Waals surface area contributed by atoms with E-state index in [1.165, 1.54) is 17.3 Å². The van der Waals surface area contributed by atoms with Crippen LogP contribution in [0.2, 0.25) is 0 Å². The molecule has 1 heterocycles. The van der Waals surface area contributed by atoms with Crippen molar-refractivity contribution < 1.29 is 9.53 Å². The third-order valence-corrected chi connectivity index (χ3v) is 4.62. The molecule has 1 atom stereocenters. The molecular formula is C18H19N3O2S. The number of hydrogen-bond donors (Lipinski definition) is 2. The molecule has 0 saturated carbocycles. The summed E-state index contributed by atoms with van der Waals surface area (Å²) < 4.78 is 5.26. The van der Waals surface area contributed by atoms with Gasteiger partial charge in [0, 0.05) is 0 Å². The average Bonchev–Trinajstić information content (AvgIpc) is 2.96. The lowest BCUT2D eigenvalue weighted by atomic mass is 10.2. The van der Waals surface area contributed by atoms with Crippen molar-refractivity contribution in [2.75, 3.05) is 12.4 Å². The highest BCUT2D eigenvalue weighted by molar-refractivity contribution is 8.00. The van der Waals surface area contributed by atoms with Crippen LogP contribution in [0.25, 0.3) is 11.0 Å². The van der Waals surface area contributed by atoms with Gasteiger partial charge in [-0.15, -0.1) is 0 Å². The lowest BCUT2D eigenvalue weighted by Crippen LogP contribution is -2.22. The van der Waals surface area contributed by atoms with Gasteiger partial charge in [0.25, 0.3) is 0 Å². The zero-order valence-corrected chi connectivity index (χ0v) is 14.6. The minimum Gasteiger partial charge on any atom is -0.495 e. The smallest absolute Gasteiger partial charge is 0.237 e. The van der Waals surface area contributed by atoms with Crippen LogP contribution in [0, 0.1) is 6.92 Å². The molecule has 6 heteroatoms. The number of H-pyrrole nitrogens is 1. The lowest BCUT2D eigenvalue weighted by Gasteiger charge is -2.13. The number of aryl methyl sites for hydroxylation is 1. The summed E-state index contributed by atoms with van der Waals surface area (Å²) in [5.41, 5.74) is 3.72. The number of nitrogens with zero attached hydrogens (tertiary/aromatic N) is 1. The van der Waals surface area contributed by atoms with Crippen molar-refractivity contribution in [1.82, 2.24) is 9.97 Å². The molecule has 1 aromatic heterocycles. The van der Waals surface area contributed by atoms with Crippen LogP contribution in [0.4, 0.5) is 5.69 Å². The first-order valence-corrected chi connectivity index (χ1v) is 8.51. The van der Waals surface area contributed by atoms with Crippen LogP contribution in [0.15, 0.2) is 47.6 Å². The Kier molecular flexibility index (Phi) is 4.76. The number of nitrogens with one attached hydrogen (secondary N) is 2. The van der Waals surface area contributed by atoms with Gasteiger partial charge >= 0.3 is 0 Å². The van der Waals surface area contributed by atoms with Crippen LogP contribution in [-0.2, 0) is 4.79 Å². The zero-order valence-electron chi connectivity index (χ0n) is 13.8. The second-order valence-corrected chi connectivity index (χ2v) is 6.84. The lowest BCUT2D eigenvalue weighted by molar-refractivity contribution is -0.115. The topological polar surface area (TPSA) is 67.0 Å². The molecule has 0 spiro atoms. The zero-order chi connectivity index (χ0) is 17.1. The summed E-state index contributed by atoms with van der Waals surface area (Å²) in [6.45, 7) is 3.89. The molecule has 0 fully saturated rings. The van der Waals surface area contributed by atoms with Crippen LogP contribution in [0.1, 0.15) is 12.5 Å². The minimum absolute atomic E-state index is 0.0962. The fourth-order valence-electron chi connectivity index (χ4n) is 2.36. The molecule has 0 radical (unpaired) electrons. The molecule has 124 valence electrons. The normalized spacial score (nSPS) is 12.1. The van der Waals surface area contributed by atoms with Crippen LogP contribution in [0.3, 0.4) is 0 Å². The van der Waals surface area contributed by atoms with Crippen molar-refractivity contribution in [1.29, 1.82) is 0 Å². The van der Waals surface area contributed by atoms with Crippen LogP contribution in [-0.4, -0.2) is 28.2 Å². The maximum absolute atomic E-state index is 12.4. The van der Waals surface area contributed by atoms with Gasteiger partial charge in [0.2, 0.25) is 5.91 Å². The highest BCUT2D eigenvalue weighted by Gasteiger charge is 2.18. The van der Waals surface area contributed by atoms with Gasteiger partial charge in [-0.25, -0.2) is 4.98 Å². The summed E-state index contributed by atoms with van der Waals surface area (Å²) >= 11 is 1.40. The molecule has 0 aliphatic carbocycles. The van der Waals surface area contributed by atoms with Crippen molar-refractivity contribution in [2.24, 2.45) is 0 Å². The number of rotatable bonds is 5. The van der Waals surface area contributed by atoms with Crippen LogP contribution >= 0.6 is 11.8 Å². The number of benzene rings is 2. The number of anilines is 1. The van der Waals surface area contributed by atoms with Crippen LogP contribution in [0.5, 0.6) is 5.75 Å².